The molecule has 2 rings (SSSR count). The van der Waals surface area contributed by atoms with Crippen LogP contribution in [0.3, 0.4) is 0 Å². The third-order valence-corrected chi connectivity index (χ3v) is 2.37. The first kappa shape index (κ1) is 9.98. The van der Waals surface area contributed by atoms with Gasteiger partial charge in [-0.25, -0.2) is 0 Å². The Morgan fingerprint density at radius 3 is 3.00 bits per heavy atom. The number of nitrogens with zero attached hydrogens (tertiary/aromatic N) is 2. The maximum Gasteiger partial charge on any atom is 0.124 e. The minimum atomic E-state index is -0.662. The predicted molar refractivity (Wildman–Crippen MR) is 55.4 cm³/mol. The maximum absolute atomic E-state index is 10.1. The lowest BCUT2D eigenvalue weighted by Gasteiger charge is -2.09. The molecule has 2 heterocycles. The molecule has 0 fully saturated rings. The zero-order valence-corrected chi connectivity index (χ0v) is 8.84. The van der Waals surface area contributed by atoms with Gasteiger partial charge in [-0.3, -0.25) is 4.68 Å². The van der Waals surface area contributed by atoms with Crippen molar-refractivity contribution in [1.29, 1.82) is 0 Å². The molecule has 0 saturated carbocycles. The van der Waals surface area contributed by atoms with Crippen molar-refractivity contribution in [2.45, 2.75) is 26.5 Å². The van der Waals surface area contributed by atoms with Gasteiger partial charge in [-0.15, -0.1) is 0 Å². The van der Waals surface area contributed by atoms with Crippen LogP contribution in [-0.4, -0.2) is 14.9 Å². The molecule has 0 aliphatic heterocycles. The summed E-state index contributed by atoms with van der Waals surface area (Å²) in [5.41, 5.74) is 2.47. The summed E-state index contributed by atoms with van der Waals surface area (Å²) in [6.07, 6.45) is 2.44. The quantitative estimate of drug-likeness (QED) is 0.834. The zero-order valence-electron chi connectivity index (χ0n) is 8.84. The van der Waals surface area contributed by atoms with E-state index in [1.54, 1.807) is 23.3 Å². The smallest absolute Gasteiger partial charge is 0.124 e. The van der Waals surface area contributed by atoms with Gasteiger partial charge in [-0.2, -0.15) is 5.10 Å². The molecule has 0 amide bonds. The van der Waals surface area contributed by atoms with Crippen LogP contribution in [0.4, 0.5) is 0 Å². The van der Waals surface area contributed by atoms with E-state index >= 15 is 0 Å². The Morgan fingerprint density at radius 1 is 1.60 bits per heavy atom. The first-order valence-corrected chi connectivity index (χ1v) is 4.97. The monoisotopic (exact) mass is 206 g/mol. The number of aliphatic hydroxyl groups excluding tert-OH is 1. The fourth-order valence-corrected chi connectivity index (χ4v) is 1.64. The summed E-state index contributed by atoms with van der Waals surface area (Å²) in [4.78, 5) is 0. The Hall–Kier alpha value is -1.55. The lowest BCUT2D eigenvalue weighted by Crippen LogP contribution is -2.08. The minimum Gasteiger partial charge on any atom is -0.472 e. The van der Waals surface area contributed by atoms with Crippen LogP contribution in [0.15, 0.2) is 29.1 Å². The second-order valence-electron chi connectivity index (χ2n) is 3.49. The van der Waals surface area contributed by atoms with Crippen molar-refractivity contribution >= 4 is 0 Å². The lowest BCUT2D eigenvalue weighted by atomic mass is 10.1. The molecule has 0 bridgehead atoms. The highest BCUT2D eigenvalue weighted by atomic mass is 16.3. The number of aryl methyl sites for hydroxylation is 2. The first-order valence-electron chi connectivity index (χ1n) is 4.97. The average Bonchev–Trinajstić information content (AvgIpc) is 2.84. The highest BCUT2D eigenvalue weighted by Crippen LogP contribution is 2.22. The number of hydrogen-bond acceptors (Lipinski definition) is 3. The van der Waals surface area contributed by atoms with E-state index < -0.39 is 6.10 Å². The fourth-order valence-electron chi connectivity index (χ4n) is 1.64. The second-order valence-corrected chi connectivity index (χ2v) is 3.49. The van der Waals surface area contributed by atoms with Gasteiger partial charge in [0.1, 0.15) is 6.10 Å². The number of aromatic nitrogens is 2. The van der Waals surface area contributed by atoms with Gasteiger partial charge in [-0.1, -0.05) is 0 Å². The molecule has 0 radical (unpaired) electrons. The number of rotatable bonds is 3. The zero-order chi connectivity index (χ0) is 10.8. The molecule has 2 aromatic rings. The largest absolute Gasteiger partial charge is 0.472 e. The van der Waals surface area contributed by atoms with Crippen LogP contribution >= 0.6 is 0 Å². The van der Waals surface area contributed by atoms with E-state index in [9.17, 15) is 5.11 Å². The topological polar surface area (TPSA) is 51.2 Å². The molecule has 15 heavy (non-hydrogen) atoms. The van der Waals surface area contributed by atoms with Crippen molar-refractivity contribution in [2.75, 3.05) is 0 Å². The van der Waals surface area contributed by atoms with E-state index in [2.05, 4.69) is 5.10 Å². The lowest BCUT2D eigenvalue weighted by molar-refractivity contribution is 0.207. The summed E-state index contributed by atoms with van der Waals surface area (Å²) < 4.78 is 6.75. The Labute approximate surface area is 88.1 Å². The van der Waals surface area contributed by atoms with Gasteiger partial charge in [-0.05, 0) is 26.0 Å². The van der Waals surface area contributed by atoms with Crippen molar-refractivity contribution in [1.82, 2.24) is 9.78 Å². The van der Waals surface area contributed by atoms with Crippen LogP contribution in [0.25, 0.3) is 0 Å². The molecule has 0 aliphatic carbocycles. The second kappa shape index (κ2) is 3.90. The van der Waals surface area contributed by atoms with Gasteiger partial charge in [0.05, 0.1) is 23.9 Å². The van der Waals surface area contributed by atoms with Crippen LogP contribution in [0.1, 0.15) is 30.0 Å². The third-order valence-electron chi connectivity index (χ3n) is 2.37. The Kier molecular flexibility index (Phi) is 2.60. The molecule has 0 aliphatic rings. The predicted octanol–water partition coefficient (Wildman–Crippen LogP) is 1.89. The van der Waals surface area contributed by atoms with Gasteiger partial charge < -0.3 is 9.52 Å². The summed E-state index contributed by atoms with van der Waals surface area (Å²) in [5.74, 6) is 0. The van der Waals surface area contributed by atoms with Crippen molar-refractivity contribution in [3.63, 3.8) is 0 Å². The summed E-state index contributed by atoms with van der Waals surface area (Å²) in [7, 11) is 0. The fraction of sp³-hybridized carbons (Fsp3) is 0.364. The molecule has 0 aromatic carbocycles. The molecule has 4 heteroatoms. The van der Waals surface area contributed by atoms with E-state index in [1.165, 1.54) is 0 Å². The van der Waals surface area contributed by atoms with Gasteiger partial charge >= 0.3 is 0 Å². The molecule has 0 saturated heterocycles. The number of furan rings is 1. The van der Waals surface area contributed by atoms with Gasteiger partial charge in [0, 0.05) is 12.1 Å². The highest BCUT2D eigenvalue weighted by molar-refractivity contribution is 5.23. The van der Waals surface area contributed by atoms with Crippen LogP contribution < -0.4 is 0 Å². The molecule has 1 unspecified atom stereocenters. The summed E-state index contributed by atoms with van der Waals surface area (Å²) in [6, 6.07) is 3.65. The summed E-state index contributed by atoms with van der Waals surface area (Å²) in [6.45, 7) is 4.66. The number of aliphatic hydroxyl groups is 1. The van der Waals surface area contributed by atoms with E-state index in [-0.39, 0.29) is 0 Å². The van der Waals surface area contributed by atoms with Crippen molar-refractivity contribution < 1.29 is 9.52 Å². The molecule has 80 valence electrons. The molecule has 2 aromatic heterocycles. The molecule has 0 spiro atoms. The van der Waals surface area contributed by atoms with Crippen molar-refractivity contribution in [3.05, 3.63) is 41.6 Å². The van der Waals surface area contributed by atoms with Crippen LogP contribution in [0.5, 0.6) is 0 Å². The SMILES string of the molecule is CCn1nc(C)cc1C(O)c1ccoc1. The summed E-state index contributed by atoms with van der Waals surface area (Å²) >= 11 is 0. The molecule has 1 N–H and O–H groups in total. The molecule has 4 nitrogen and oxygen atoms in total. The highest BCUT2D eigenvalue weighted by Gasteiger charge is 2.16. The Morgan fingerprint density at radius 2 is 2.40 bits per heavy atom. The standard InChI is InChI=1S/C11H14N2O2/c1-3-13-10(6-8(2)12-13)11(14)9-4-5-15-7-9/h4-7,11,14H,3H2,1-2H3. The van der Waals surface area contributed by atoms with E-state index in [0.717, 1.165) is 23.5 Å². The summed E-state index contributed by atoms with van der Waals surface area (Å²) in [5, 5.41) is 14.4. The minimum absolute atomic E-state index is 0.662. The van der Waals surface area contributed by atoms with Gasteiger partial charge in [0.15, 0.2) is 0 Å². The van der Waals surface area contributed by atoms with E-state index in [0.29, 0.717) is 0 Å². The van der Waals surface area contributed by atoms with Crippen molar-refractivity contribution in [2.24, 2.45) is 0 Å². The molecular formula is C11H14N2O2. The van der Waals surface area contributed by atoms with Gasteiger partial charge in [0.2, 0.25) is 0 Å². The first-order chi connectivity index (χ1) is 7.22. The Balaban J connectivity index is 2.36. The third kappa shape index (κ3) is 1.80. The van der Waals surface area contributed by atoms with Crippen molar-refractivity contribution in [3.8, 4) is 0 Å². The van der Waals surface area contributed by atoms with Gasteiger partial charge in [0.25, 0.3) is 0 Å². The molecule has 1 atom stereocenters. The Bertz CT molecular complexity index is 431. The maximum atomic E-state index is 10.1. The van der Waals surface area contributed by atoms with Crippen LogP contribution in [-0.2, 0) is 6.54 Å². The van der Waals surface area contributed by atoms with Crippen LogP contribution in [0.2, 0.25) is 0 Å². The van der Waals surface area contributed by atoms with E-state index in [4.69, 9.17) is 4.42 Å². The van der Waals surface area contributed by atoms with Crippen LogP contribution in [0, 0.1) is 6.92 Å². The average molecular weight is 206 g/mol. The number of hydrogen-bond donors (Lipinski definition) is 1. The molecular weight excluding hydrogens is 192 g/mol. The normalized spacial score (nSPS) is 13.0. The van der Waals surface area contributed by atoms with E-state index in [1.807, 2.05) is 19.9 Å².